The van der Waals surface area contributed by atoms with Gasteiger partial charge in [-0.05, 0) is 39.2 Å². The van der Waals surface area contributed by atoms with Gasteiger partial charge in [0.05, 0.1) is 11.5 Å². The molecule has 0 spiro atoms. The van der Waals surface area contributed by atoms with Gasteiger partial charge in [0.1, 0.15) is 0 Å². The number of rotatable bonds is 6. The standard InChI is InChI=1S/C17H14BrClN4O2/c18-16-15(23(24)25)17(20-10-12-4-2-1-3-5-12)22(21-16)11-13-6-8-14(19)9-7-13/h1-9,20H,10-11H2. The molecule has 0 aliphatic carbocycles. The molecule has 0 aliphatic rings. The van der Waals surface area contributed by atoms with Crippen LogP contribution in [-0.2, 0) is 13.1 Å². The van der Waals surface area contributed by atoms with Crippen LogP contribution in [0.5, 0.6) is 0 Å². The second kappa shape index (κ2) is 7.67. The quantitative estimate of drug-likeness (QED) is 0.455. The molecular formula is C17H14BrClN4O2. The minimum absolute atomic E-state index is 0.0788. The Morgan fingerprint density at radius 3 is 2.44 bits per heavy atom. The van der Waals surface area contributed by atoms with Crippen LogP contribution in [0.1, 0.15) is 11.1 Å². The number of hydrogen-bond acceptors (Lipinski definition) is 4. The zero-order chi connectivity index (χ0) is 17.8. The maximum absolute atomic E-state index is 11.4. The zero-order valence-corrected chi connectivity index (χ0v) is 15.4. The van der Waals surface area contributed by atoms with E-state index >= 15 is 0 Å². The highest BCUT2D eigenvalue weighted by Gasteiger charge is 2.26. The molecule has 3 aromatic rings. The predicted octanol–water partition coefficient (Wildman–Crippen LogP) is 4.87. The molecule has 3 rings (SSSR count). The molecule has 1 heterocycles. The van der Waals surface area contributed by atoms with E-state index in [2.05, 4.69) is 26.3 Å². The average Bonchev–Trinajstić information content (AvgIpc) is 2.91. The molecule has 0 radical (unpaired) electrons. The smallest absolute Gasteiger partial charge is 0.345 e. The van der Waals surface area contributed by atoms with Crippen molar-refractivity contribution in [3.05, 3.63) is 85.5 Å². The van der Waals surface area contributed by atoms with Crippen LogP contribution in [0.25, 0.3) is 0 Å². The highest BCUT2D eigenvalue weighted by atomic mass is 79.9. The van der Waals surface area contributed by atoms with Gasteiger partial charge >= 0.3 is 5.69 Å². The molecule has 0 bridgehead atoms. The summed E-state index contributed by atoms with van der Waals surface area (Å²) in [7, 11) is 0. The van der Waals surface area contributed by atoms with Gasteiger partial charge in [-0.25, -0.2) is 4.68 Å². The van der Waals surface area contributed by atoms with Crippen molar-refractivity contribution >= 4 is 39.0 Å². The molecule has 0 fully saturated rings. The maximum Gasteiger partial charge on any atom is 0.345 e. The molecule has 2 aromatic carbocycles. The molecule has 0 saturated carbocycles. The number of anilines is 1. The van der Waals surface area contributed by atoms with Gasteiger partial charge in [-0.2, -0.15) is 5.10 Å². The molecule has 128 valence electrons. The Hall–Kier alpha value is -2.38. The van der Waals surface area contributed by atoms with Gasteiger partial charge in [-0.3, -0.25) is 10.1 Å². The number of aromatic nitrogens is 2. The molecule has 8 heteroatoms. The largest absolute Gasteiger partial charge is 0.360 e. The summed E-state index contributed by atoms with van der Waals surface area (Å²) < 4.78 is 1.77. The first kappa shape index (κ1) is 17.4. The van der Waals surface area contributed by atoms with E-state index < -0.39 is 4.92 Å². The van der Waals surface area contributed by atoms with Gasteiger partial charge in [-0.1, -0.05) is 54.1 Å². The number of halogens is 2. The molecule has 25 heavy (non-hydrogen) atoms. The summed E-state index contributed by atoms with van der Waals surface area (Å²) in [4.78, 5) is 11.0. The van der Waals surface area contributed by atoms with Crippen molar-refractivity contribution in [1.29, 1.82) is 0 Å². The van der Waals surface area contributed by atoms with Crippen LogP contribution < -0.4 is 5.32 Å². The Morgan fingerprint density at radius 2 is 1.80 bits per heavy atom. The van der Waals surface area contributed by atoms with Crippen LogP contribution in [0.4, 0.5) is 11.5 Å². The number of nitro groups is 1. The molecule has 0 amide bonds. The third-order valence-electron chi connectivity index (χ3n) is 3.62. The lowest BCUT2D eigenvalue weighted by Gasteiger charge is -2.09. The van der Waals surface area contributed by atoms with E-state index in [1.165, 1.54) is 0 Å². The van der Waals surface area contributed by atoms with E-state index in [4.69, 9.17) is 11.6 Å². The van der Waals surface area contributed by atoms with Crippen LogP contribution >= 0.6 is 27.5 Å². The fourth-order valence-electron chi connectivity index (χ4n) is 2.42. The monoisotopic (exact) mass is 420 g/mol. The fraction of sp³-hybridized carbons (Fsp3) is 0.118. The third-order valence-corrected chi connectivity index (χ3v) is 4.40. The Morgan fingerprint density at radius 1 is 1.12 bits per heavy atom. The van der Waals surface area contributed by atoms with Gasteiger partial charge < -0.3 is 5.32 Å². The summed E-state index contributed by atoms with van der Waals surface area (Å²) in [6, 6.07) is 17.0. The molecule has 0 atom stereocenters. The number of nitrogens with zero attached hydrogens (tertiary/aromatic N) is 3. The first-order valence-corrected chi connectivity index (χ1v) is 8.64. The summed E-state index contributed by atoms with van der Waals surface area (Å²) >= 11 is 9.09. The zero-order valence-electron chi connectivity index (χ0n) is 13.0. The van der Waals surface area contributed by atoms with Crippen molar-refractivity contribution in [3.63, 3.8) is 0 Å². The van der Waals surface area contributed by atoms with E-state index in [1.807, 2.05) is 42.5 Å². The Kier molecular flexibility index (Phi) is 5.35. The van der Waals surface area contributed by atoms with Crippen molar-refractivity contribution in [2.45, 2.75) is 13.1 Å². The number of nitrogens with one attached hydrogen (secondary N) is 1. The van der Waals surface area contributed by atoms with Crippen molar-refractivity contribution in [1.82, 2.24) is 9.78 Å². The van der Waals surface area contributed by atoms with Gasteiger partial charge in [0.25, 0.3) is 0 Å². The molecule has 0 aliphatic heterocycles. The van der Waals surface area contributed by atoms with Crippen LogP contribution in [0.3, 0.4) is 0 Å². The lowest BCUT2D eigenvalue weighted by molar-refractivity contribution is -0.384. The second-order valence-corrected chi connectivity index (χ2v) is 6.56. The maximum atomic E-state index is 11.4. The Balaban J connectivity index is 1.90. The first-order chi connectivity index (χ1) is 12.0. The number of hydrogen-bond donors (Lipinski definition) is 1. The molecule has 6 nitrogen and oxygen atoms in total. The summed E-state index contributed by atoms with van der Waals surface area (Å²) in [5, 5.41) is 19.5. The highest BCUT2D eigenvalue weighted by Crippen LogP contribution is 2.33. The summed E-state index contributed by atoms with van der Waals surface area (Å²) in [6.07, 6.45) is 0. The van der Waals surface area contributed by atoms with Crippen molar-refractivity contribution in [2.24, 2.45) is 0 Å². The molecule has 1 N–H and O–H groups in total. The van der Waals surface area contributed by atoms with Gasteiger partial charge in [0.2, 0.25) is 10.4 Å². The van der Waals surface area contributed by atoms with E-state index in [0.29, 0.717) is 23.9 Å². The lowest BCUT2D eigenvalue weighted by atomic mass is 10.2. The number of benzene rings is 2. The van der Waals surface area contributed by atoms with Crippen LogP contribution in [0.15, 0.2) is 59.2 Å². The van der Waals surface area contributed by atoms with Crippen LogP contribution in [0, 0.1) is 10.1 Å². The van der Waals surface area contributed by atoms with E-state index in [-0.39, 0.29) is 10.3 Å². The highest BCUT2D eigenvalue weighted by molar-refractivity contribution is 9.10. The Bertz CT molecular complexity index is 882. The first-order valence-electron chi connectivity index (χ1n) is 7.47. The van der Waals surface area contributed by atoms with Gasteiger partial charge in [0.15, 0.2) is 0 Å². The normalized spacial score (nSPS) is 10.6. The molecule has 1 aromatic heterocycles. The predicted molar refractivity (Wildman–Crippen MR) is 101 cm³/mol. The van der Waals surface area contributed by atoms with E-state index in [0.717, 1.165) is 11.1 Å². The summed E-state index contributed by atoms with van der Waals surface area (Å²) in [5.41, 5.74) is 1.88. The molecule has 0 unspecified atom stereocenters. The van der Waals surface area contributed by atoms with E-state index in [1.54, 1.807) is 16.8 Å². The average molecular weight is 422 g/mol. The fourth-order valence-corrected chi connectivity index (χ4v) is 3.07. The van der Waals surface area contributed by atoms with Crippen LogP contribution in [-0.4, -0.2) is 14.7 Å². The third kappa shape index (κ3) is 4.18. The molecule has 0 saturated heterocycles. The van der Waals surface area contributed by atoms with Crippen molar-refractivity contribution < 1.29 is 4.92 Å². The van der Waals surface area contributed by atoms with Crippen LogP contribution in [0.2, 0.25) is 5.02 Å². The van der Waals surface area contributed by atoms with Crippen molar-refractivity contribution in [2.75, 3.05) is 5.32 Å². The Labute approximate surface area is 157 Å². The van der Waals surface area contributed by atoms with Crippen molar-refractivity contribution in [3.8, 4) is 0 Å². The minimum Gasteiger partial charge on any atom is -0.360 e. The summed E-state index contributed by atoms with van der Waals surface area (Å²) in [5.74, 6) is 0.357. The van der Waals surface area contributed by atoms with Gasteiger partial charge in [0, 0.05) is 11.6 Å². The topological polar surface area (TPSA) is 73.0 Å². The second-order valence-electron chi connectivity index (χ2n) is 5.37. The SMILES string of the molecule is O=[N+]([O-])c1c(Br)nn(Cc2ccc(Cl)cc2)c1NCc1ccccc1. The van der Waals surface area contributed by atoms with Gasteiger partial charge in [-0.15, -0.1) is 0 Å². The lowest BCUT2D eigenvalue weighted by Crippen LogP contribution is -2.10. The van der Waals surface area contributed by atoms with E-state index in [9.17, 15) is 10.1 Å². The molecular weight excluding hydrogens is 408 g/mol. The summed E-state index contributed by atoms with van der Waals surface area (Å²) in [6.45, 7) is 0.848. The minimum atomic E-state index is -0.442.